The zero-order valence-electron chi connectivity index (χ0n) is 13.2. The second-order valence-corrected chi connectivity index (χ2v) is 5.84. The topological polar surface area (TPSA) is 42.7 Å². The number of hydrogen-bond acceptors (Lipinski definition) is 3. The number of aromatic nitrogens is 3. The highest BCUT2D eigenvalue weighted by molar-refractivity contribution is 5.69. The van der Waals surface area contributed by atoms with Gasteiger partial charge in [-0.15, -0.1) is 0 Å². The van der Waals surface area contributed by atoms with Gasteiger partial charge in [0.15, 0.2) is 5.82 Å². The Bertz CT molecular complexity index is 900. The van der Waals surface area contributed by atoms with Gasteiger partial charge in [0, 0.05) is 36.8 Å². The predicted octanol–water partition coefficient (Wildman–Crippen LogP) is 3.60. The predicted molar refractivity (Wildman–Crippen MR) is 87.2 cm³/mol. The van der Waals surface area contributed by atoms with Gasteiger partial charge in [-0.3, -0.25) is 0 Å². The van der Waals surface area contributed by atoms with Gasteiger partial charge in [0.25, 0.3) is 0 Å². The molecule has 0 atom stereocenters. The lowest BCUT2D eigenvalue weighted by atomic mass is 9.98. The molecule has 0 unspecified atom stereocenters. The molecule has 3 aromatic rings. The van der Waals surface area contributed by atoms with Gasteiger partial charge in [-0.2, -0.15) is 18.3 Å². The SMILES string of the molecule is FC(F)(F)c1ccccc1-c1nn(-c2ccccn2)c2c1CNCC2. The van der Waals surface area contributed by atoms with Gasteiger partial charge >= 0.3 is 6.18 Å². The number of alkyl halides is 3. The van der Waals surface area contributed by atoms with E-state index in [0.29, 0.717) is 24.5 Å². The molecule has 0 aliphatic carbocycles. The van der Waals surface area contributed by atoms with E-state index in [1.54, 1.807) is 29.1 Å². The first-order valence-electron chi connectivity index (χ1n) is 7.95. The fraction of sp³-hybridized carbons (Fsp3) is 0.222. The van der Waals surface area contributed by atoms with E-state index in [1.165, 1.54) is 12.1 Å². The molecule has 25 heavy (non-hydrogen) atoms. The van der Waals surface area contributed by atoms with Gasteiger partial charge in [-0.25, -0.2) is 9.67 Å². The molecule has 0 spiro atoms. The molecule has 0 amide bonds. The van der Waals surface area contributed by atoms with E-state index >= 15 is 0 Å². The summed E-state index contributed by atoms with van der Waals surface area (Å²) in [6.45, 7) is 1.25. The van der Waals surface area contributed by atoms with Crippen molar-refractivity contribution in [2.75, 3.05) is 6.54 Å². The van der Waals surface area contributed by atoms with Crippen molar-refractivity contribution in [2.24, 2.45) is 0 Å². The van der Waals surface area contributed by atoms with Crippen LogP contribution in [0, 0.1) is 0 Å². The molecule has 1 aliphatic heterocycles. The number of nitrogens with zero attached hydrogens (tertiary/aromatic N) is 3. The molecule has 128 valence electrons. The number of nitrogens with one attached hydrogen (secondary N) is 1. The Hall–Kier alpha value is -2.67. The Morgan fingerprint density at radius 2 is 1.84 bits per heavy atom. The fourth-order valence-corrected chi connectivity index (χ4v) is 3.17. The van der Waals surface area contributed by atoms with Crippen LogP contribution < -0.4 is 5.32 Å². The lowest BCUT2D eigenvalue weighted by molar-refractivity contribution is -0.137. The van der Waals surface area contributed by atoms with Gasteiger partial charge in [0.2, 0.25) is 0 Å². The molecule has 7 heteroatoms. The van der Waals surface area contributed by atoms with Crippen LogP contribution in [-0.4, -0.2) is 21.3 Å². The number of halogens is 3. The summed E-state index contributed by atoms with van der Waals surface area (Å²) in [7, 11) is 0. The largest absolute Gasteiger partial charge is 0.417 e. The molecule has 2 aromatic heterocycles. The van der Waals surface area contributed by atoms with Crippen molar-refractivity contribution in [1.82, 2.24) is 20.1 Å². The maximum absolute atomic E-state index is 13.4. The Balaban J connectivity index is 1.95. The fourth-order valence-electron chi connectivity index (χ4n) is 3.17. The zero-order valence-corrected chi connectivity index (χ0v) is 13.2. The normalized spacial score (nSPS) is 14.4. The number of pyridine rings is 1. The van der Waals surface area contributed by atoms with Crippen LogP contribution in [-0.2, 0) is 19.1 Å². The van der Waals surface area contributed by atoms with Crippen molar-refractivity contribution in [1.29, 1.82) is 0 Å². The third-order valence-corrected chi connectivity index (χ3v) is 4.28. The molecule has 0 fully saturated rings. The molecule has 0 saturated carbocycles. The lowest BCUT2D eigenvalue weighted by Gasteiger charge is -2.16. The summed E-state index contributed by atoms with van der Waals surface area (Å²) in [4.78, 5) is 4.29. The monoisotopic (exact) mass is 344 g/mol. The maximum atomic E-state index is 13.4. The van der Waals surface area contributed by atoms with E-state index in [9.17, 15) is 13.2 Å². The van der Waals surface area contributed by atoms with Crippen molar-refractivity contribution in [3.05, 3.63) is 65.5 Å². The van der Waals surface area contributed by atoms with Crippen LogP contribution in [0.15, 0.2) is 48.7 Å². The minimum absolute atomic E-state index is 0.102. The highest BCUT2D eigenvalue weighted by Crippen LogP contribution is 2.39. The summed E-state index contributed by atoms with van der Waals surface area (Å²) in [6, 6.07) is 11.0. The van der Waals surface area contributed by atoms with Crippen LogP contribution in [0.1, 0.15) is 16.8 Å². The average molecular weight is 344 g/mol. The van der Waals surface area contributed by atoms with E-state index in [2.05, 4.69) is 15.4 Å². The van der Waals surface area contributed by atoms with Gasteiger partial charge in [-0.05, 0) is 18.2 Å². The number of benzene rings is 1. The molecule has 4 nitrogen and oxygen atoms in total. The van der Waals surface area contributed by atoms with Gasteiger partial charge in [0.1, 0.15) is 0 Å². The van der Waals surface area contributed by atoms with Crippen LogP contribution in [0.3, 0.4) is 0 Å². The van der Waals surface area contributed by atoms with Crippen LogP contribution in [0.2, 0.25) is 0 Å². The summed E-state index contributed by atoms with van der Waals surface area (Å²) >= 11 is 0. The number of fused-ring (bicyclic) bond motifs is 1. The van der Waals surface area contributed by atoms with Gasteiger partial charge in [0.05, 0.1) is 17.0 Å². The average Bonchev–Trinajstić information content (AvgIpc) is 3.01. The lowest BCUT2D eigenvalue weighted by Crippen LogP contribution is -2.25. The van der Waals surface area contributed by atoms with Crippen molar-refractivity contribution >= 4 is 0 Å². The summed E-state index contributed by atoms with van der Waals surface area (Å²) in [5.74, 6) is 0.608. The summed E-state index contributed by atoms with van der Waals surface area (Å²) in [5.41, 5.74) is 1.50. The first-order valence-corrected chi connectivity index (χ1v) is 7.95. The van der Waals surface area contributed by atoms with Crippen LogP contribution in [0.25, 0.3) is 17.1 Å². The molecule has 1 aliphatic rings. The van der Waals surface area contributed by atoms with E-state index < -0.39 is 11.7 Å². The number of hydrogen-bond donors (Lipinski definition) is 1. The minimum Gasteiger partial charge on any atom is -0.312 e. The summed E-state index contributed by atoms with van der Waals surface area (Å²) < 4.78 is 42.0. The molecule has 1 aromatic carbocycles. The molecular weight excluding hydrogens is 329 g/mol. The van der Waals surface area contributed by atoms with Gasteiger partial charge in [-0.1, -0.05) is 24.3 Å². The first-order chi connectivity index (χ1) is 12.1. The maximum Gasteiger partial charge on any atom is 0.417 e. The van der Waals surface area contributed by atoms with Crippen molar-refractivity contribution in [3.8, 4) is 17.1 Å². The second-order valence-electron chi connectivity index (χ2n) is 5.84. The zero-order chi connectivity index (χ0) is 17.4. The quantitative estimate of drug-likeness (QED) is 0.772. The molecule has 3 heterocycles. The highest BCUT2D eigenvalue weighted by atomic mass is 19.4. The van der Waals surface area contributed by atoms with Crippen LogP contribution >= 0.6 is 0 Å². The molecular formula is C18H15F3N4. The number of rotatable bonds is 2. The van der Waals surface area contributed by atoms with Crippen molar-refractivity contribution in [2.45, 2.75) is 19.1 Å². The summed E-state index contributed by atoms with van der Waals surface area (Å²) in [6.07, 6.45) is -2.10. The Kier molecular flexibility index (Phi) is 3.80. The Morgan fingerprint density at radius 3 is 2.60 bits per heavy atom. The smallest absolute Gasteiger partial charge is 0.312 e. The molecule has 4 rings (SSSR count). The third kappa shape index (κ3) is 2.80. The van der Waals surface area contributed by atoms with Crippen molar-refractivity contribution < 1.29 is 13.2 Å². The first kappa shape index (κ1) is 15.8. The van der Waals surface area contributed by atoms with Crippen LogP contribution in [0.4, 0.5) is 13.2 Å². The Morgan fingerprint density at radius 1 is 1.04 bits per heavy atom. The third-order valence-electron chi connectivity index (χ3n) is 4.28. The standard InChI is InChI=1S/C18H15F3N4/c19-18(20,21)14-6-2-1-5-12(14)17-13-11-22-10-8-15(13)25(24-17)16-7-3-4-9-23-16/h1-7,9,22H,8,10-11H2. The Labute approximate surface area is 142 Å². The second kappa shape index (κ2) is 6.00. The van der Waals surface area contributed by atoms with Crippen molar-refractivity contribution in [3.63, 3.8) is 0 Å². The van der Waals surface area contributed by atoms with Gasteiger partial charge < -0.3 is 5.32 Å². The highest BCUT2D eigenvalue weighted by Gasteiger charge is 2.35. The molecule has 0 bridgehead atoms. The molecule has 0 saturated heterocycles. The minimum atomic E-state index is -4.43. The van der Waals surface area contributed by atoms with E-state index in [4.69, 9.17) is 0 Å². The molecule has 1 N–H and O–H groups in total. The summed E-state index contributed by atoms with van der Waals surface area (Å²) in [5, 5.41) is 7.74. The van der Waals surface area contributed by atoms with E-state index in [1.807, 2.05) is 6.07 Å². The van der Waals surface area contributed by atoms with E-state index in [0.717, 1.165) is 23.9 Å². The van der Waals surface area contributed by atoms with Crippen LogP contribution in [0.5, 0.6) is 0 Å². The molecule has 0 radical (unpaired) electrons. The van der Waals surface area contributed by atoms with E-state index in [-0.39, 0.29) is 5.56 Å².